The minimum absolute atomic E-state index is 0.0441. The zero-order valence-electron chi connectivity index (χ0n) is 20.8. The quantitative estimate of drug-likeness (QED) is 0.128. The molecular formula is C26H20Cl2N4O4S3. The zero-order valence-corrected chi connectivity index (χ0v) is 24.7. The Bertz CT molecular complexity index is 1630. The number of thioether (sulfide) groups is 1. The average molecular weight is 620 g/mol. The van der Waals surface area contributed by atoms with Crippen molar-refractivity contribution < 1.29 is 19.4 Å². The minimum Gasteiger partial charge on any atom is -0.503 e. The molecule has 1 atom stereocenters. The Kier molecular flexibility index (Phi) is 7.97. The lowest BCUT2D eigenvalue weighted by atomic mass is 9.95. The smallest absolute Gasteiger partial charge is 0.296 e. The first-order valence-corrected chi connectivity index (χ1v) is 14.8. The number of hydrogen-bond donors (Lipinski definition) is 1. The number of amides is 1. The number of aliphatic hydroxyl groups is 1. The summed E-state index contributed by atoms with van der Waals surface area (Å²) in [7, 11) is 1.53. The van der Waals surface area contributed by atoms with Crippen molar-refractivity contribution in [3.63, 3.8) is 0 Å². The third-order valence-electron chi connectivity index (χ3n) is 5.94. The van der Waals surface area contributed by atoms with Gasteiger partial charge in [0.25, 0.3) is 5.91 Å². The van der Waals surface area contributed by atoms with E-state index < -0.39 is 23.5 Å². The molecule has 1 amide bonds. The standard InChI is InChI=1S/C26H20Cl2N4O4S3/c1-12-23(38-13(2)29-12)21(33)19-20(14-5-4-6-17(9-14)36-3)32(24(35)22(19)34)25-30-31-26(39-25)37-11-15-7-8-16(27)10-18(15)28/h4-10,20,34H,11H2,1-3H3. The van der Waals surface area contributed by atoms with Crippen LogP contribution in [0.2, 0.25) is 10.0 Å². The van der Waals surface area contributed by atoms with E-state index in [1.54, 1.807) is 50.2 Å². The lowest BCUT2D eigenvalue weighted by molar-refractivity contribution is -0.117. The van der Waals surface area contributed by atoms with E-state index >= 15 is 0 Å². The van der Waals surface area contributed by atoms with Gasteiger partial charge in [0.2, 0.25) is 10.9 Å². The fraction of sp³-hybridized carbons (Fsp3) is 0.192. The summed E-state index contributed by atoms with van der Waals surface area (Å²) in [5, 5.41) is 21.6. The van der Waals surface area contributed by atoms with Crippen molar-refractivity contribution in [1.82, 2.24) is 15.2 Å². The molecule has 1 aliphatic heterocycles. The summed E-state index contributed by atoms with van der Waals surface area (Å²) in [6.45, 7) is 3.52. The lowest BCUT2D eigenvalue weighted by Crippen LogP contribution is -2.31. The molecule has 1 aliphatic rings. The van der Waals surface area contributed by atoms with E-state index in [0.29, 0.717) is 47.0 Å². The summed E-state index contributed by atoms with van der Waals surface area (Å²) in [6, 6.07) is 11.3. The van der Waals surface area contributed by atoms with Gasteiger partial charge < -0.3 is 9.84 Å². The second-order valence-corrected chi connectivity index (χ2v) is 12.7. The first-order chi connectivity index (χ1) is 18.7. The summed E-state index contributed by atoms with van der Waals surface area (Å²) in [4.78, 5) is 33.2. The fourth-order valence-electron chi connectivity index (χ4n) is 4.16. The number of rotatable bonds is 8. The molecule has 39 heavy (non-hydrogen) atoms. The van der Waals surface area contributed by atoms with Gasteiger partial charge in [0.15, 0.2) is 10.1 Å². The van der Waals surface area contributed by atoms with Gasteiger partial charge in [-0.05, 0) is 49.2 Å². The van der Waals surface area contributed by atoms with Gasteiger partial charge in [-0.15, -0.1) is 21.5 Å². The van der Waals surface area contributed by atoms with E-state index in [4.69, 9.17) is 27.9 Å². The Hall–Kier alpha value is -2.96. The normalized spacial score (nSPS) is 15.4. The summed E-state index contributed by atoms with van der Waals surface area (Å²) in [5.74, 6) is -0.782. The van der Waals surface area contributed by atoms with Crippen LogP contribution in [0, 0.1) is 13.8 Å². The number of thiazole rings is 1. The second-order valence-electron chi connectivity index (χ2n) is 8.47. The van der Waals surface area contributed by atoms with Crippen LogP contribution in [0.4, 0.5) is 5.13 Å². The van der Waals surface area contributed by atoms with Crippen LogP contribution in [-0.2, 0) is 10.5 Å². The average Bonchev–Trinajstić information content (AvgIpc) is 3.59. The summed E-state index contributed by atoms with van der Waals surface area (Å²) in [5.41, 5.74) is 1.94. The molecule has 8 nitrogen and oxygen atoms in total. The number of carbonyl (C=O) groups is 2. The molecule has 1 unspecified atom stereocenters. The predicted octanol–water partition coefficient (Wildman–Crippen LogP) is 7.00. The highest BCUT2D eigenvalue weighted by Gasteiger charge is 2.46. The van der Waals surface area contributed by atoms with E-state index in [-0.39, 0.29) is 10.7 Å². The van der Waals surface area contributed by atoms with Crippen LogP contribution in [0.5, 0.6) is 5.75 Å². The van der Waals surface area contributed by atoms with Crippen molar-refractivity contribution in [2.24, 2.45) is 0 Å². The molecule has 4 aromatic rings. The van der Waals surface area contributed by atoms with E-state index in [1.807, 2.05) is 6.07 Å². The number of halogens is 2. The van der Waals surface area contributed by atoms with Crippen molar-refractivity contribution in [3.05, 3.63) is 90.5 Å². The number of anilines is 1. The number of ketones is 1. The number of ether oxygens (including phenoxy) is 1. The van der Waals surface area contributed by atoms with Crippen molar-refractivity contribution in [1.29, 1.82) is 0 Å². The number of Topliss-reactive ketones (excluding diaryl/α,β-unsaturated/α-hetero) is 1. The molecule has 0 saturated carbocycles. The number of aromatic nitrogens is 3. The van der Waals surface area contributed by atoms with E-state index in [2.05, 4.69) is 15.2 Å². The van der Waals surface area contributed by atoms with Crippen LogP contribution in [0.15, 0.2) is 58.1 Å². The molecule has 2 aromatic carbocycles. The Morgan fingerprint density at radius 2 is 1.95 bits per heavy atom. The van der Waals surface area contributed by atoms with Gasteiger partial charge in [0.05, 0.1) is 34.3 Å². The van der Waals surface area contributed by atoms with Gasteiger partial charge in [-0.25, -0.2) is 4.98 Å². The number of methoxy groups -OCH3 is 1. The first-order valence-electron chi connectivity index (χ1n) is 11.5. The number of aryl methyl sites for hydroxylation is 2. The maximum absolute atomic E-state index is 13.8. The lowest BCUT2D eigenvalue weighted by Gasteiger charge is -2.24. The highest BCUT2D eigenvalue weighted by atomic mass is 35.5. The Morgan fingerprint density at radius 1 is 1.15 bits per heavy atom. The van der Waals surface area contributed by atoms with Crippen LogP contribution in [-0.4, -0.2) is 39.1 Å². The van der Waals surface area contributed by atoms with Crippen molar-refractivity contribution in [2.75, 3.05) is 12.0 Å². The maximum atomic E-state index is 13.8. The topological polar surface area (TPSA) is 106 Å². The molecule has 1 N–H and O–H groups in total. The van der Waals surface area contributed by atoms with Crippen molar-refractivity contribution >= 4 is 74.5 Å². The Labute approximate surface area is 246 Å². The largest absolute Gasteiger partial charge is 0.503 e. The number of nitrogens with zero attached hydrogens (tertiary/aromatic N) is 4. The molecule has 0 spiro atoms. The van der Waals surface area contributed by atoms with Crippen molar-refractivity contribution in [2.45, 2.75) is 30.0 Å². The monoisotopic (exact) mass is 618 g/mol. The van der Waals surface area contributed by atoms with Gasteiger partial charge in [-0.1, -0.05) is 64.5 Å². The van der Waals surface area contributed by atoms with Crippen LogP contribution >= 0.6 is 57.6 Å². The van der Waals surface area contributed by atoms with Crippen LogP contribution < -0.4 is 9.64 Å². The third-order valence-corrected chi connectivity index (χ3v) is 9.70. The van der Waals surface area contributed by atoms with E-state index in [0.717, 1.165) is 5.56 Å². The molecule has 0 saturated heterocycles. The third kappa shape index (κ3) is 5.42. The van der Waals surface area contributed by atoms with Gasteiger partial charge >= 0.3 is 0 Å². The predicted molar refractivity (Wildman–Crippen MR) is 155 cm³/mol. The molecule has 13 heteroatoms. The van der Waals surface area contributed by atoms with Gasteiger partial charge in [0.1, 0.15) is 5.75 Å². The van der Waals surface area contributed by atoms with E-state index in [1.165, 1.54) is 46.4 Å². The molecule has 0 fully saturated rings. The van der Waals surface area contributed by atoms with Gasteiger partial charge in [0, 0.05) is 15.8 Å². The van der Waals surface area contributed by atoms with E-state index in [9.17, 15) is 14.7 Å². The summed E-state index contributed by atoms with van der Waals surface area (Å²) >= 11 is 16.1. The molecular weight excluding hydrogens is 599 g/mol. The molecule has 3 heterocycles. The second kappa shape index (κ2) is 11.3. The molecule has 0 radical (unpaired) electrons. The molecule has 0 bridgehead atoms. The molecule has 0 aliphatic carbocycles. The molecule has 2 aromatic heterocycles. The molecule has 5 rings (SSSR count). The van der Waals surface area contributed by atoms with Crippen LogP contribution in [0.25, 0.3) is 0 Å². The van der Waals surface area contributed by atoms with Crippen LogP contribution in [0.3, 0.4) is 0 Å². The highest BCUT2D eigenvalue weighted by molar-refractivity contribution is 8.00. The summed E-state index contributed by atoms with van der Waals surface area (Å²) < 4.78 is 5.97. The first kappa shape index (κ1) is 27.6. The number of benzene rings is 2. The number of aliphatic hydroxyl groups excluding tert-OH is 1. The Balaban J connectivity index is 1.52. The molecule has 200 valence electrons. The maximum Gasteiger partial charge on any atom is 0.296 e. The number of hydrogen-bond acceptors (Lipinski definition) is 10. The van der Waals surface area contributed by atoms with Crippen molar-refractivity contribution in [3.8, 4) is 5.75 Å². The zero-order chi connectivity index (χ0) is 27.8. The van der Waals surface area contributed by atoms with Gasteiger partial charge in [-0.3, -0.25) is 14.5 Å². The highest BCUT2D eigenvalue weighted by Crippen LogP contribution is 2.45. The fourth-order valence-corrected chi connectivity index (χ4v) is 7.46. The SMILES string of the molecule is COc1cccc(C2C(C(=O)c3sc(C)nc3C)=C(O)C(=O)N2c2nnc(SCc3ccc(Cl)cc3Cl)s2)c1. The minimum atomic E-state index is -0.946. The Morgan fingerprint density at radius 3 is 2.64 bits per heavy atom. The van der Waals surface area contributed by atoms with Gasteiger partial charge in [-0.2, -0.15) is 0 Å². The number of carbonyl (C=O) groups excluding carboxylic acids is 2. The summed E-state index contributed by atoms with van der Waals surface area (Å²) in [6.07, 6.45) is 0. The van der Waals surface area contributed by atoms with Crippen LogP contribution in [0.1, 0.15) is 37.5 Å².